The van der Waals surface area contributed by atoms with Crippen LogP contribution in [0.2, 0.25) is 0 Å². The third kappa shape index (κ3) is 4.10. The fourth-order valence-corrected chi connectivity index (χ4v) is 2.94. The maximum Gasteiger partial charge on any atom is 0.340 e. The van der Waals surface area contributed by atoms with E-state index in [2.05, 4.69) is 32.3 Å². The highest BCUT2D eigenvalue weighted by Crippen LogP contribution is 2.41. The van der Waals surface area contributed by atoms with Crippen LogP contribution in [0.25, 0.3) is 0 Å². The van der Waals surface area contributed by atoms with E-state index in [1.54, 1.807) is 0 Å². The van der Waals surface area contributed by atoms with E-state index >= 15 is 0 Å². The van der Waals surface area contributed by atoms with Crippen molar-refractivity contribution >= 4 is 45.9 Å². The number of carboxylic acids is 1. The Hall–Kier alpha value is 0.500. The number of hydrogen-bond acceptors (Lipinski definition) is 4. The third-order valence-electron chi connectivity index (χ3n) is 1.89. The van der Waals surface area contributed by atoms with Crippen LogP contribution < -0.4 is 5.73 Å². The van der Waals surface area contributed by atoms with Crippen LogP contribution in [0.1, 0.15) is 6.92 Å². The van der Waals surface area contributed by atoms with E-state index < -0.39 is 31.3 Å². The minimum Gasteiger partial charge on any atom is -0.479 e. The number of aliphatic carboxylic acids is 1. The van der Waals surface area contributed by atoms with Gasteiger partial charge in [-0.2, -0.15) is 0 Å². The van der Waals surface area contributed by atoms with E-state index in [-0.39, 0.29) is 0 Å². The summed E-state index contributed by atoms with van der Waals surface area (Å²) in [5, 5.41) is 8.89. The zero-order valence-electron chi connectivity index (χ0n) is 7.67. The van der Waals surface area contributed by atoms with Gasteiger partial charge in [-0.15, -0.1) is 2.95 Å². The molecule has 7 nitrogen and oxygen atoms in total. The number of carbonyl (C=O) groups is 1. The second-order valence-corrected chi connectivity index (χ2v) is 7.18. The van der Waals surface area contributed by atoms with Crippen molar-refractivity contribution in [2.75, 3.05) is 6.16 Å². The molecule has 0 aliphatic carbocycles. The third-order valence-corrected chi connectivity index (χ3v) is 4.08. The van der Waals surface area contributed by atoms with Gasteiger partial charge in [-0.1, -0.05) is 6.92 Å². The van der Waals surface area contributed by atoms with Crippen LogP contribution in [-0.2, 0) is 9.36 Å². The Morgan fingerprint density at radius 2 is 2.00 bits per heavy atom. The van der Waals surface area contributed by atoms with Crippen molar-refractivity contribution in [1.29, 1.82) is 0 Å². The van der Waals surface area contributed by atoms with Gasteiger partial charge in [-0.05, 0) is 0 Å². The molecule has 0 heterocycles. The van der Waals surface area contributed by atoms with Crippen LogP contribution in [0.5, 0.6) is 0 Å². The van der Waals surface area contributed by atoms with Crippen molar-refractivity contribution in [3.63, 3.8) is 0 Å². The highest BCUT2D eigenvalue weighted by molar-refractivity contribution is 9.21. The summed E-state index contributed by atoms with van der Waals surface area (Å²) in [5.74, 6) is -2.37. The molecule has 0 aliphatic rings. The first-order chi connectivity index (χ1) is 6.51. The largest absolute Gasteiger partial charge is 0.479 e. The fraction of sp³-hybridized carbons (Fsp3) is 0.800. The van der Waals surface area contributed by atoms with Crippen LogP contribution in [0.4, 0.5) is 0 Å². The molecule has 0 saturated carbocycles. The topological polar surface area (TPSA) is 124 Å². The molecule has 2 atom stereocenters. The lowest BCUT2D eigenvalue weighted by Gasteiger charge is -2.33. The van der Waals surface area contributed by atoms with Gasteiger partial charge in [0.2, 0.25) is 0 Å². The number of nitrogens with two attached hydrogens (primary N) is 1. The Morgan fingerprint density at radius 1 is 1.60 bits per heavy atom. The quantitative estimate of drug-likeness (QED) is 0.315. The van der Waals surface area contributed by atoms with Crippen LogP contribution in [-0.4, -0.2) is 35.6 Å². The van der Waals surface area contributed by atoms with E-state index in [9.17, 15) is 9.36 Å². The lowest BCUT2D eigenvalue weighted by atomic mass is 9.98. The summed E-state index contributed by atoms with van der Waals surface area (Å²) in [5.41, 5.74) is 3.58. The predicted octanol–water partition coefficient (Wildman–Crippen LogP) is 0.462. The number of hydrogen-bond donors (Lipinski definition) is 4. The second kappa shape index (κ2) is 5.22. The van der Waals surface area contributed by atoms with E-state index in [0.717, 1.165) is 2.95 Å². The standard InChI is InChI=1S/C5H11Br2N2O5P/c1-3(2-15(12,13)14)5(8,4(10)11)9(6)7/h3H,2,8H2,1H3,(H,10,11)(H2,12,13,14). The van der Waals surface area contributed by atoms with Crippen molar-refractivity contribution in [2.24, 2.45) is 11.7 Å². The Kier molecular flexibility index (Phi) is 5.39. The predicted molar refractivity (Wildman–Crippen MR) is 60.3 cm³/mol. The summed E-state index contributed by atoms with van der Waals surface area (Å²) < 4.78 is 11.6. The maximum atomic E-state index is 10.9. The lowest BCUT2D eigenvalue weighted by Crippen LogP contribution is -2.60. The Labute approximate surface area is 103 Å². The Morgan fingerprint density at radius 3 is 2.20 bits per heavy atom. The molecule has 0 amide bonds. The van der Waals surface area contributed by atoms with Crippen molar-refractivity contribution in [3.05, 3.63) is 0 Å². The molecule has 90 valence electrons. The molecule has 0 radical (unpaired) electrons. The molecule has 0 aromatic heterocycles. The van der Waals surface area contributed by atoms with E-state index in [4.69, 9.17) is 20.6 Å². The minimum absolute atomic E-state index is 0.622. The lowest BCUT2D eigenvalue weighted by molar-refractivity contribution is -0.147. The molecule has 0 fully saturated rings. The van der Waals surface area contributed by atoms with Crippen molar-refractivity contribution in [2.45, 2.75) is 12.6 Å². The van der Waals surface area contributed by atoms with Gasteiger partial charge in [0.1, 0.15) is 0 Å². The average molecular weight is 370 g/mol. The summed E-state index contributed by atoms with van der Waals surface area (Å²) in [4.78, 5) is 28.4. The average Bonchev–Trinajstić information content (AvgIpc) is 1.98. The van der Waals surface area contributed by atoms with Gasteiger partial charge in [0.25, 0.3) is 0 Å². The molecule has 0 rings (SSSR count). The first-order valence-corrected chi connectivity index (χ1v) is 6.92. The van der Waals surface area contributed by atoms with Crippen LogP contribution >= 0.6 is 39.9 Å². The molecule has 10 heteroatoms. The Bertz CT molecular complexity index is 295. The molecular formula is C5H11Br2N2O5P. The molecule has 0 aromatic carbocycles. The number of halogens is 2. The summed E-state index contributed by atoms with van der Waals surface area (Å²) in [6.07, 6.45) is -0.622. The van der Waals surface area contributed by atoms with E-state index in [0.29, 0.717) is 0 Å². The molecule has 0 aliphatic heterocycles. The van der Waals surface area contributed by atoms with Crippen LogP contribution in [0, 0.1) is 5.92 Å². The van der Waals surface area contributed by atoms with E-state index in [1.807, 2.05) is 0 Å². The Balaban J connectivity index is 4.96. The highest BCUT2D eigenvalue weighted by atomic mass is 79.9. The van der Waals surface area contributed by atoms with Gasteiger partial charge in [0, 0.05) is 38.2 Å². The molecule has 0 aromatic rings. The highest BCUT2D eigenvalue weighted by Gasteiger charge is 2.46. The summed E-state index contributed by atoms with van der Waals surface area (Å²) in [6.45, 7) is 1.34. The molecular weight excluding hydrogens is 359 g/mol. The van der Waals surface area contributed by atoms with Crippen molar-refractivity contribution in [1.82, 2.24) is 2.95 Å². The van der Waals surface area contributed by atoms with Crippen LogP contribution in [0.3, 0.4) is 0 Å². The zero-order chi connectivity index (χ0) is 12.4. The number of rotatable bonds is 5. The van der Waals surface area contributed by atoms with Crippen LogP contribution in [0.15, 0.2) is 0 Å². The van der Waals surface area contributed by atoms with Crippen molar-refractivity contribution in [3.8, 4) is 0 Å². The van der Waals surface area contributed by atoms with Gasteiger partial charge in [0.05, 0.1) is 6.16 Å². The normalized spacial score (nSPS) is 18.6. The molecule has 0 bridgehead atoms. The minimum atomic E-state index is -4.31. The SMILES string of the molecule is CC(CP(=O)(O)O)C(N)(C(=O)O)N(Br)Br. The molecule has 0 spiro atoms. The molecule has 15 heavy (non-hydrogen) atoms. The number of carboxylic acid groups (broad SMARTS) is 1. The zero-order valence-corrected chi connectivity index (χ0v) is 11.7. The molecule has 0 saturated heterocycles. The van der Waals surface area contributed by atoms with Gasteiger partial charge in [0.15, 0.2) is 5.66 Å². The fourth-order valence-electron chi connectivity index (χ4n) is 0.946. The van der Waals surface area contributed by atoms with Gasteiger partial charge >= 0.3 is 13.6 Å². The first kappa shape index (κ1) is 15.5. The first-order valence-electron chi connectivity index (χ1n) is 3.70. The second-order valence-electron chi connectivity index (χ2n) is 3.11. The smallest absolute Gasteiger partial charge is 0.340 e. The summed E-state index contributed by atoms with van der Waals surface area (Å²) >= 11 is 5.59. The monoisotopic (exact) mass is 368 g/mol. The summed E-state index contributed by atoms with van der Waals surface area (Å²) in [6, 6.07) is 0. The number of nitrogens with zero attached hydrogens (tertiary/aromatic N) is 1. The summed E-state index contributed by atoms with van der Waals surface area (Å²) in [7, 11) is -4.31. The molecule has 2 unspecified atom stereocenters. The van der Waals surface area contributed by atoms with Crippen molar-refractivity contribution < 1.29 is 24.3 Å². The van der Waals surface area contributed by atoms with E-state index in [1.165, 1.54) is 6.92 Å². The molecule has 5 N–H and O–H groups in total. The maximum absolute atomic E-state index is 10.9. The van der Waals surface area contributed by atoms with Gasteiger partial charge in [-0.25, -0.2) is 4.79 Å². The van der Waals surface area contributed by atoms with Gasteiger partial charge in [-0.3, -0.25) is 4.57 Å². The van der Waals surface area contributed by atoms with Gasteiger partial charge < -0.3 is 20.6 Å².